The summed E-state index contributed by atoms with van der Waals surface area (Å²) in [5.41, 5.74) is 0.961. The van der Waals surface area contributed by atoms with Gasteiger partial charge in [-0.3, -0.25) is 4.79 Å². The van der Waals surface area contributed by atoms with Gasteiger partial charge in [-0.05, 0) is 54.6 Å². The van der Waals surface area contributed by atoms with E-state index in [4.69, 9.17) is 5.11 Å². The summed E-state index contributed by atoms with van der Waals surface area (Å²) in [6, 6.07) is 7.79. The molecule has 2 atom stereocenters. The van der Waals surface area contributed by atoms with Crippen molar-refractivity contribution in [1.29, 1.82) is 0 Å². The van der Waals surface area contributed by atoms with Gasteiger partial charge in [-0.2, -0.15) is 0 Å². The topological polar surface area (TPSA) is 49.3 Å². The fraction of sp³-hybridized carbons (Fsp3) is 0.364. The molecule has 0 bridgehead atoms. The SMILES string of the molecule is CC(Nc1cccc(I)c1)C(C)C(=O)O. The summed E-state index contributed by atoms with van der Waals surface area (Å²) >= 11 is 2.23. The van der Waals surface area contributed by atoms with Crippen molar-refractivity contribution in [3.63, 3.8) is 0 Å². The van der Waals surface area contributed by atoms with Gasteiger partial charge in [0, 0.05) is 15.3 Å². The number of aliphatic carboxylic acids is 1. The predicted molar refractivity (Wildman–Crippen MR) is 69.0 cm³/mol. The van der Waals surface area contributed by atoms with Crippen LogP contribution in [0.3, 0.4) is 0 Å². The Morgan fingerprint density at radius 1 is 1.47 bits per heavy atom. The molecule has 1 rings (SSSR count). The number of nitrogens with one attached hydrogen (secondary N) is 1. The first-order chi connectivity index (χ1) is 7.00. The van der Waals surface area contributed by atoms with E-state index in [0.717, 1.165) is 9.26 Å². The van der Waals surface area contributed by atoms with Gasteiger partial charge in [0.25, 0.3) is 0 Å². The minimum Gasteiger partial charge on any atom is -0.481 e. The summed E-state index contributed by atoms with van der Waals surface area (Å²) in [4.78, 5) is 10.8. The van der Waals surface area contributed by atoms with Crippen LogP contribution < -0.4 is 5.32 Å². The number of carboxylic acid groups (broad SMARTS) is 1. The molecule has 0 aromatic heterocycles. The second-order valence-electron chi connectivity index (χ2n) is 3.57. The van der Waals surface area contributed by atoms with E-state index in [-0.39, 0.29) is 6.04 Å². The monoisotopic (exact) mass is 319 g/mol. The Balaban J connectivity index is 2.66. The van der Waals surface area contributed by atoms with E-state index in [1.54, 1.807) is 6.92 Å². The predicted octanol–water partition coefficient (Wildman–Crippen LogP) is 2.81. The van der Waals surface area contributed by atoms with Crippen LogP contribution in [0.5, 0.6) is 0 Å². The Bertz CT molecular complexity index is 354. The van der Waals surface area contributed by atoms with Gasteiger partial charge < -0.3 is 10.4 Å². The first kappa shape index (κ1) is 12.3. The zero-order valence-electron chi connectivity index (χ0n) is 8.70. The molecule has 0 aliphatic carbocycles. The van der Waals surface area contributed by atoms with Crippen molar-refractivity contribution in [1.82, 2.24) is 0 Å². The maximum Gasteiger partial charge on any atom is 0.308 e. The molecule has 1 aromatic rings. The molecule has 0 aliphatic heterocycles. The van der Waals surface area contributed by atoms with Gasteiger partial charge in [-0.1, -0.05) is 6.07 Å². The summed E-state index contributed by atoms with van der Waals surface area (Å²) < 4.78 is 1.13. The quantitative estimate of drug-likeness (QED) is 0.839. The van der Waals surface area contributed by atoms with Crippen molar-refractivity contribution in [2.75, 3.05) is 5.32 Å². The summed E-state index contributed by atoms with van der Waals surface area (Å²) in [5.74, 6) is -1.18. The molecule has 0 radical (unpaired) electrons. The minimum absolute atomic E-state index is 0.0827. The lowest BCUT2D eigenvalue weighted by atomic mass is 10.0. The molecule has 2 unspecified atom stereocenters. The van der Waals surface area contributed by atoms with Crippen molar-refractivity contribution in [2.24, 2.45) is 5.92 Å². The Hall–Kier alpha value is -0.780. The molecular weight excluding hydrogens is 305 g/mol. The molecule has 2 N–H and O–H groups in total. The number of rotatable bonds is 4. The number of benzene rings is 1. The number of hydrogen-bond donors (Lipinski definition) is 2. The van der Waals surface area contributed by atoms with Crippen molar-refractivity contribution in [2.45, 2.75) is 19.9 Å². The molecule has 82 valence electrons. The molecule has 15 heavy (non-hydrogen) atoms. The van der Waals surface area contributed by atoms with Crippen LogP contribution in [0.15, 0.2) is 24.3 Å². The van der Waals surface area contributed by atoms with Crippen LogP contribution in [-0.4, -0.2) is 17.1 Å². The van der Waals surface area contributed by atoms with Gasteiger partial charge in [0.05, 0.1) is 5.92 Å². The summed E-state index contributed by atoms with van der Waals surface area (Å²) in [6.07, 6.45) is 0. The average molecular weight is 319 g/mol. The highest BCUT2D eigenvalue weighted by Gasteiger charge is 2.18. The second-order valence-corrected chi connectivity index (χ2v) is 4.82. The molecule has 4 heteroatoms. The second kappa shape index (κ2) is 5.34. The standard InChI is InChI=1S/C11H14INO2/c1-7(11(14)15)8(2)13-10-5-3-4-9(12)6-10/h3-8,13H,1-2H3,(H,14,15). The lowest BCUT2D eigenvalue weighted by Crippen LogP contribution is -2.29. The highest BCUT2D eigenvalue weighted by Crippen LogP contribution is 2.15. The van der Waals surface area contributed by atoms with Gasteiger partial charge >= 0.3 is 5.97 Å². The zero-order chi connectivity index (χ0) is 11.4. The van der Waals surface area contributed by atoms with Gasteiger partial charge in [0.2, 0.25) is 0 Å². The van der Waals surface area contributed by atoms with Crippen molar-refractivity contribution < 1.29 is 9.90 Å². The van der Waals surface area contributed by atoms with Crippen LogP contribution in [0.2, 0.25) is 0 Å². The molecular formula is C11H14INO2. The molecule has 0 saturated heterocycles. The van der Waals surface area contributed by atoms with Crippen LogP contribution in [0.25, 0.3) is 0 Å². The molecule has 0 spiro atoms. The first-order valence-electron chi connectivity index (χ1n) is 4.75. The fourth-order valence-electron chi connectivity index (χ4n) is 1.18. The third kappa shape index (κ3) is 3.70. The molecule has 0 saturated carbocycles. The van der Waals surface area contributed by atoms with Crippen molar-refractivity contribution >= 4 is 34.2 Å². The van der Waals surface area contributed by atoms with Crippen LogP contribution in [0.4, 0.5) is 5.69 Å². The summed E-state index contributed by atoms with van der Waals surface area (Å²) in [7, 11) is 0. The molecule has 0 amide bonds. The summed E-state index contributed by atoms with van der Waals surface area (Å²) in [6.45, 7) is 3.58. The van der Waals surface area contributed by atoms with E-state index in [1.165, 1.54) is 0 Å². The van der Waals surface area contributed by atoms with Crippen molar-refractivity contribution in [3.05, 3.63) is 27.8 Å². The molecule has 1 aromatic carbocycles. The van der Waals surface area contributed by atoms with Crippen LogP contribution in [-0.2, 0) is 4.79 Å². The lowest BCUT2D eigenvalue weighted by Gasteiger charge is -2.19. The van der Waals surface area contributed by atoms with Crippen LogP contribution in [0.1, 0.15) is 13.8 Å². The summed E-state index contributed by atoms with van der Waals surface area (Å²) in [5, 5.41) is 12.0. The largest absolute Gasteiger partial charge is 0.481 e. The number of carbonyl (C=O) groups is 1. The minimum atomic E-state index is -0.777. The maximum absolute atomic E-state index is 10.8. The normalized spacial score (nSPS) is 14.3. The lowest BCUT2D eigenvalue weighted by molar-refractivity contribution is -0.141. The number of anilines is 1. The maximum atomic E-state index is 10.8. The van der Waals surface area contributed by atoms with E-state index in [0.29, 0.717) is 0 Å². The van der Waals surface area contributed by atoms with Crippen LogP contribution >= 0.6 is 22.6 Å². The van der Waals surface area contributed by atoms with Crippen molar-refractivity contribution in [3.8, 4) is 0 Å². The van der Waals surface area contributed by atoms with E-state index in [1.807, 2.05) is 31.2 Å². The van der Waals surface area contributed by atoms with E-state index < -0.39 is 11.9 Å². The number of halogens is 1. The smallest absolute Gasteiger partial charge is 0.308 e. The Kier molecular flexibility index (Phi) is 4.38. The molecule has 0 aliphatic rings. The number of hydrogen-bond acceptors (Lipinski definition) is 2. The average Bonchev–Trinajstić information content (AvgIpc) is 2.16. The van der Waals surface area contributed by atoms with Gasteiger partial charge in [0.15, 0.2) is 0 Å². The van der Waals surface area contributed by atoms with Gasteiger partial charge in [0.1, 0.15) is 0 Å². The molecule has 3 nitrogen and oxygen atoms in total. The Morgan fingerprint density at radius 2 is 2.13 bits per heavy atom. The fourth-order valence-corrected chi connectivity index (χ4v) is 1.72. The molecule has 0 heterocycles. The third-order valence-corrected chi connectivity index (χ3v) is 3.03. The third-order valence-electron chi connectivity index (χ3n) is 2.36. The highest BCUT2D eigenvalue weighted by molar-refractivity contribution is 14.1. The van der Waals surface area contributed by atoms with Gasteiger partial charge in [-0.25, -0.2) is 0 Å². The van der Waals surface area contributed by atoms with Crippen LogP contribution in [0, 0.1) is 9.49 Å². The number of carboxylic acids is 1. The van der Waals surface area contributed by atoms with E-state index >= 15 is 0 Å². The van der Waals surface area contributed by atoms with E-state index in [2.05, 4.69) is 27.9 Å². The highest BCUT2D eigenvalue weighted by atomic mass is 127. The molecule has 0 fully saturated rings. The van der Waals surface area contributed by atoms with Gasteiger partial charge in [-0.15, -0.1) is 0 Å². The Morgan fingerprint density at radius 3 is 2.67 bits per heavy atom. The Labute approximate surface area is 103 Å². The first-order valence-corrected chi connectivity index (χ1v) is 5.83. The zero-order valence-corrected chi connectivity index (χ0v) is 10.9. The van der Waals surface area contributed by atoms with E-state index in [9.17, 15) is 4.79 Å².